The first-order valence-corrected chi connectivity index (χ1v) is 5.98. The van der Waals surface area contributed by atoms with Crippen molar-refractivity contribution in [2.75, 3.05) is 0 Å². The van der Waals surface area contributed by atoms with Gasteiger partial charge in [-0.15, -0.1) is 0 Å². The maximum atomic E-state index is 11.8. The Hall–Kier alpha value is -1.84. The zero-order chi connectivity index (χ0) is 13.3. The highest BCUT2D eigenvalue weighted by atomic mass is 16.6. The Kier molecular flexibility index (Phi) is 3.11. The van der Waals surface area contributed by atoms with Crippen molar-refractivity contribution in [3.05, 3.63) is 30.1 Å². The molecule has 0 atom stereocenters. The summed E-state index contributed by atoms with van der Waals surface area (Å²) in [6, 6.07) is 5.98. The first-order chi connectivity index (χ1) is 8.35. The highest BCUT2D eigenvalue weighted by molar-refractivity contribution is 5.78. The third kappa shape index (κ3) is 2.88. The van der Waals surface area contributed by atoms with E-state index < -0.39 is 5.60 Å². The maximum absolute atomic E-state index is 11.8. The summed E-state index contributed by atoms with van der Waals surface area (Å²) in [5.41, 5.74) is 2.55. The Bertz CT molecular complexity index is 579. The van der Waals surface area contributed by atoms with Crippen LogP contribution in [0.15, 0.2) is 24.5 Å². The maximum Gasteiger partial charge on any atom is 0.326 e. The number of benzene rings is 1. The number of imidazole rings is 1. The van der Waals surface area contributed by atoms with Gasteiger partial charge < -0.3 is 9.30 Å². The first kappa shape index (κ1) is 12.6. The topological polar surface area (TPSA) is 44.1 Å². The monoisotopic (exact) mass is 246 g/mol. The minimum Gasteiger partial charge on any atom is -0.459 e. The van der Waals surface area contributed by atoms with Gasteiger partial charge in [-0.3, -0.25) is 4.79 Å². The predicted molar refractivity (Wildman–Crippen MR) is 70.3 cm³/mol. The van der Waals surface area contributed by atoms with Gasteiger partial charge in [0.05, 0.1) is 17.4 Å². The molecule has 2 rings (SSSR count). The molecule has 0 fully saturated rings. The summed E-state index contributed by atoms with van der Waals surface area (Å²) in [7, 11) is 0. The third-order valence-electron chi connectivity index (χ3n) is 2.50. The van der Waals surface area contributed by atoms with E-state index in [1.54, 1.807) is 6.33 Å². The third-order valence-corrected chi connectivity index (χ3v) is 2.50. The Labute approximate surface area is 107 Å². The molecule has 1 heterocycles. The predicted octanol–water partition coefficient (Wildman–Crippen LogP) is 2.69. The highest BCUT2D eigenvalue weighted by Gasteiger charge is 2.17. The van der Waals surface area contributed by atoms with Crippen LogP contribution in [0.5, 0.6) is 0 Å². The summed E-state index contributed by atoms with van der Waals surface area (Å²) in [5, 5.41) is 0. The van der Waals surface area contributed by atoms with Crippen LogP contribution >= 0.6 is 0 Å². The number of fused-ring (bicyclic) bond motifs is 1. The Morgan fingerprint density at radius 2 is 2.11 bits per heavy atom. The average molecular weight is 246 g/mol. The molecular weight excluding hydrogens is 228 g/mol. The number of nitrogens with zero attached hydrogens (tertiary/aromatic N) is 2. The van der Waals surface area contributed by atoms with Gasteiger partial charge in [-0.25, -0.2) is 4.98 Å². The Morgan fingerprint density at radius 1 is 1.39 bits per heavy atom. The van der Waals surface area contributed by atoms with E-state index in [9.17, 15) is 4.79 Å². The van der Waals surface area contributed by atoms with E-state index >= 15 is 0 Å². The Morgan fingerprint density at radius 3 is 2.78 bits per heavy atom. The van der Waals surface area contributed by atoms with E-state index in [-0.39, 0.29) is 12.5 Å². The normalized spacial score (nSPS) is 11.8. The second-order valence-corrected chi connectivity index (χ2v) is 5.45. The van der Waals surface area contributed by atoms with E-state index in [0.717, 1.165) is 16.6 Å². The van der Waals surface area contributed by atoms with E-state index in [2.05, 4.69) is 4.98 Å². The van der Waals surface area contributed by atoms with Crippen LogP contribution in [-0.4, -0.2) is 21.1 Å². The zero-order valence-corrected chi connectivity index (χ0v) is 11.2. The summed E-state index contributed by atoms with van der Waals surface area (Å²) in [6.07, 6.45) is 1.67. The number of hydrogen-bond donors (Lipinski definition) is 0. The molecule has 4 heteroatoms. The second-order valence-electron chi connectivity index (χ2n) is 5.45. The fraction of sp³-hybridized carbons (Fsp3) is 0.429. The van der Waals surface area contributed by atoms with Gasteiger partial charge in [0.1, 0.15) is 12.1 Å². The Balaban J connectivity index is 2.20. The second kappa shape index (κ2) is 4.44. The molecule has 0 spiro atoms. The lowest BCUT2D eigenvalue weighted by atomic mass is 10.2. The SMILES string of the molecule is Cc1ccc2c(c1)ncn2CC(=O)OC(C)(C)C. The molecule has 1 aromatic carbocycles. The standard InChI is InChI=1S/C14H18N2O2/c1-10-5-6-12-11(7-10)15-9-16(12)8-13(17)18-14(2,3)4/h5-7,9H,8H2,1-4H3. The van der Waals surface area contributed by atoms with Crippen molar-refractivity contribution in [3.63, 3.8) is 0 Å². The van der Waals surface area contributed by atoms with Gasteiger partial charge in [0.25, 0.3) is 0 Å². The molecule has 0 aliphatic heterocycles. The van der Waals surface area contributed by atoms with Crippen molar-refractivity contribution in [1.29, 1.82) is 0 Å². The molecule has 0 aliphatic rings. The number of rotatable bonds is 2. The van der Waals surface area contributed by atoms with Crippen molar-refractivity contribution in [2.24, 2.45) is 0 Å². The summed E-state index contributed by atoms with van der Waals surface area (Å²) in [4.78, 5) is 16.1. The van der Waals surface area contributed by atoms with Crippen LogP contribution in [0.1, 0.15) is 26.3 Å². The molecule has 0 N–H and O–H groups in total. The van der Waals surface area contributed by atoms with Crippen LogP contribution in [0, 0.1) is 6.92 Å². The lowest BCUT2D eigenvalue weighted by Crippen LogP contribution is -2.26. The molecule has 0 bridgehead atoms. The van der Waals surface area contributed by atoms with E-state index in [1.165, 1.54) is 0 Å². The fourth-order valence-electron chi connectivity index (χ4n) is 1.81. The molecule has 0 unspecified atom stereocenters. The van der Waals surface area contributed by atoms with Crippen molar-refractivity contribution in [2.45, 2.75) is 39.8 Å². The van der Waals surface area contributed by atoms with Crippen LogP contribution in [0.25, 0.3) is 11.0 Å². The fourth-order valence-corrected chi connectivity index (χ4v) is 1.81. The molecule has 0 radical (unpaired) electrons. The largest absolute Gasteiger partial charge is 0.459 e. The minimum absolute atomic E-state index is 0.191. The average Bonchev–Trinajstić information content (AvgIpc) is 2.57. The van der Waals surface area contributed by atoms with Gasteiger partial charge in [-0.2, -0.15) is 0 Å². The van der Waals surface area contributed by atoms with Crippen LogP contribution < -0.4 is 0 Å². The number of carbonyl (C=O) groups excluding carboxylic acids is 1. The number of hydrogen-bond acceptors (Lipinski definition) is 3. The van der Waals surface area contributed by atoms with Crippen LogP contribution in [0.2, 0.25) is 0 Å². The van der Waals surface area contributed by atoms with E-state index in [0.29, 0.717) is 0 Å². The molecular formula is C14H18N2O2. The van der Waals surface area contributed by atoms with E-state index in [1.807, 2.05) is 50.5 Å². The minimum atomic E-state index is -0.454. The van der Waals surface area contributed by atoms with Gasteiger partial charge in [0.2, 0.25) is 0 Å². The number of aromatic nitrogens is 2. The molecule has 0 saturated heterocycles. The molecule has 4 nitrogen and oxygen atoms in total. The van der Waals surface area contributed by atoms with Crippen molar-refractivity contribution in [3.8, 4) is 0 Å². The lowest BCUT2D eigenvalue weighted by molar-refractivity contribution is -0.155. The van der Waals surface area contributed by atoms with E-state index in [4.69, 9.17) is 4.74 Å². The van der Waals surface area contributed by atoms with Gasteiger partial charge >= 0.3 is 5.97 Å². The quantitative estimate of drug-likeness (QED) is 0.765. The number of carbonyl (C=O) groups is 1. The zero-order valence-electron chi connectivity index (χ0n) is 11.2. The van der Waals surface area contributed by atoms with Crippen molar-refractivity contribution >= 4 is 17.0 Å². The molecule has 96 valence electrons. The first-order valence-electron chi connectivity index (χ1n) is 5.98. The summed E-state index contributed by atoms with van der Waals surface area (Å²) in [6.45, 7) is 7.80. The van der Waals surface area contributed by atoms with Gasteiger partial charge in [0, 0.05) is 0 Å². The van der Waals surface area contributed by atoms with Crippen LogP contribution in [0.3, 0.4) is 0 Å². The smallest absolute Gasteiger partial charge is 0.326 e. The van der Waals surface area contributed by atoms with Gasteiger partial charge in [0.15, 0.2) is 0 Å². The lowest BCUT2D eigenvalue weighted by Gasteiger charge is -2.19. The highest BCUT2D eigenvalue weighted by Crippen LogP contribution is 2.15. The van der Waals surface area contributed by atoms with Crippen LogP contribution in [0.4, 0.5) is 0 Å². The number of aryl methyl sites for hydroxylation is 1. The molecule has 0 amide bonds. The summed E-state index contributed by atoms with van der Waals surface area (Å²) >= 11 is 0. The molecule has 18 heavy (non-hydrogen) atoms. The van der Waals surface area contributed by atoms with Crippen LogP contribution in [-0.2, 0) is 16.1 Å². The van der Waals surface area contributed by atoms with Crippen molar-refractivity contribution < 1.29 is 9.53 Å². The molecule has 0 saturated carbocycles. The van der Waals surface area contributed by atoms with Crippen molar-refractivity contribution in [1.82, 2.24) is 9.55 Å². The number of esters is 1. The van der Waals surface area contributed by atoms with Gasteiger partial charge in [-0.1, -0.05) is 6.07 Å². The van der Waals surface area contributed by atoms with Gasteiger partial charge in [-0.05, 0) is 45.4 Å². The number of ether oxygens (including phenoxy) is 1. The molecule has 1 aromatic heterocycles. The summed E-state index contributed by atoms with van der Waals surface area (Å²) < 4.78 is 7.10. The molecule has 0 aliphatic carbocycles. The summed E-state index contributed by atoms with van der Waals surface area (Å²) in [5.74, 6) is -0.248. The molecule has 2 aromatic rings.